The van der Waals surface area contributed by atoms with Gasteiger partial charge in [-0.25, -0.2) is 4.39 Å². The second-order valence-electron chi connectivity index (χ2n) is 11.4. The molecular weight excluding hydrogens is 583 g/mol. The van der Waals surface area contributed by atoms with Gasteiger partial charge in [-0.2, -0.15) is 0 Å². The van der Waals surface area contributed by atoms with E-state index in [0.717, 1.165) is 37.3 Å². The minimum Gasteiger partial charge on any atom is -0.481 e. The van der Waals surface area contributed by atoms with Crippen molar-refractivity contribution in [2.75, 3.05) is 13.1 Å². The third-order valence-electron chi connectivity index (χ3n) is 8.50. The zero-order chi connectivity index (χ0) is 32.1. The lowest BCUT2D eigenvalue weighted by Gasteiger charge is -2.34. The molecule has 45 heavy (non-hydrogen) atoms. The monoisotopic (exact) mass is 616 g/mol. The number of nitrogens with zero attached hydrogens (tertiary/aromatic N) is 3. The molecule has 12 heteroatoms. The highest BCUT2D eigenvalue weighted by atomic mass is 19.1. The lowest BCUT2D eigenvalue weighted by atomic mass is 9.83. The Kier molecular flexibility index (Phi) is 9.50. The highest BCUT2D eigenvalue weighted by Crippen LogP contribution is 2.39. The van der Waals surface area contributed by atoms with Crippen molar-refractivity contribution in [3.63, 3.8) is 0 Å². The fraction of sp³-hybridized carbons (Fsp3) is 0.333. The van der Waals surface area contributed by atoms with Crippen LogP contribution in [0, 0.1) is 21.8 Å². The van der Waals surface area contributed by atoms with Gasteiger partial charge >= 0.3 is 5.97 Å². The van der Waals surface area contributed by atoms with Gasteiger partial charge in [0.2, 0.25) is 5.91 Å². The van der Waals surface area contributed by atoms with Gasteiger partial charge in [0.05, 0.1) is 23.3 Å². The molecule has 1 heterocycles. The van der Waals surface area contributed by atoms with Crippen molar-refractivity contribution in [1.82, 2.24) is 15.1 Å². The first-order valence-corrected chi connectivity index (χ1v) is 14.8. The average molecular weight is 617 g/mol. The number of non-ortho nitro benzene ring substituents is 1. The largest absolute Gasteiger partial charge is 0.481 e. The summed E-state index contributed by atoms with van der Waals surface area (Å²) in [5.41, 5.74) is 0.661. The van der Waals surface area contributed by atoms with E-state index in [9.17, 15) is 38.8 Å². The average Bonchev–Trinajstić information content (AvgIpc) is 3.72. The van der Waals surface area contributed by atoms with Crippen molar-refractivity contribution >= 4 is 29.4 Å². The molecule has 3 atom stereocenters. The number of nitrogens with one attached hydrogen (secondary N) is 1. The number of rotatable bonds is 10. The first-order valence-electron chi connectivity index (χ1n) is 14.8. The second-order valence-corrected chi connectivity index (χ2v) is 11.4. The van der Waals surface area contributed by atoms with Crippen molar-refractivity contribution in [2.24, 2.45) is 5.92 Å². The molecule has 5 rings (SSSR count). The summed E-state index contributed by atoms with van der Waals surface area (Å²) in [6.07, 6.45) is 1.51. The standard InChI is InChI=1S/C33H33FN4O7/c34-25-14-6-13-24(18-25)32(42)36-16-17-37(33(43)29(22-10-4-5-11-22)21-8-2-1-3-9-21)31(36)30(41)35-27(20-28(39)40)23-12-7-15-26(19-23)38(44)45/h1-3,6-9,12-15,18-19,22,27,29,31H,4-5,10-11,16-17,20H2,(H,35,41)(H,39,40). The van der Waals surface area contributed by atoms with Crippen LogP contribution in [0.5, 0.6) is 0 Å². The Labute approximate surface area is 258 Å². The number of carboxylic acid groups (broad SMARTS) is 1. The molecule has 1 saturated heterocycles. The maximum atomic E-state index is 14.4. The molecule has 2 fully saturated rings. The molecule has 3 unspecified atom stereocenters. The normalized spacial score (nSPS) is 17.9. The molecule has 1 aliphatic carbocycles. The molecule has 3 amide bonds. The van der Waals surface area contributed by atoms with Gasteiger partial charge in [-0.05, 0) is 48.1 Å². The first kappa shape index (κ1) is 31.3. The third kappa shape index (κ3) is 7.00. The van der Waals surface area contributed by atoms with Crippen LogP contribution in [-0.2, 0) is 14.4 Å². The number of hydrogen-bond acceptors (Lipinski definition) is 6. The molecule has 11 nitrogen and oxygen atoms in total. The van der Waals surface area contributed by atoms with Crippen molar-refractivity contribution in [2.45, 2.75) is 50.2 Å². The second kappa shape index (κ2) is 13.7. The van der Waals surface area contributed by atoms with E-state index in [-0.39, 0.29) is 41.7 Å². The van der Waals surface area contributed by atoms with E-state index in [0.29, 0.717) is 0 Å². The van der Waals surface area contributed by atoms with E-state index in [1.54, 1.807) is 0 Å². The molecule has 0 spiro atoms. The van der Waals surface area contributed by atoms with Crippen molar-refractivity contribution in [1.29, 1.82) is 0 Å². The van der Waals surface area contributed by atoms with Gasteiger partial charge in [0.1, 0.15) is 5.82 Å². The van der Waals surface area contributed by atoms with E-state index in [2.05, 4.69) is 5.32 Å². The highest BCUT2D eigenvalue weighted by Gasteiger charge is 2.47. The smallest absolute Gasteiger partial charge is 0.305 e. The Morgan fingerprint density at radius 1 is 0.911 bits per heavy atom. The summed E-state index contributed by atoms with van der Waals surface area (Å²) in [6.45, 7) is 0.000189. The predicted octanol–water partition coefficient (Wildman–Crippen LogP) is 4.65. The Hall–Kier alpha value is -5.13. The van der Waals surface area contributed by atoms with Gasteiger partial charge in [0.25, 0.3) is 17.5 Å². The lowest BCUT2D eigenvalue weighted by molar-refractivity contribution is -0.384. The Bertz CT molecular complexity index is 1590. The Morgan fingerprint density at radius 2 is 1.58 bits per heavy atom. The number of carbonyl (C=O) groups is 4. The molecule has 3 aromatic rings. The summed E-state index contributed by atoms with van der Waals surface area (Å²) >= 11 is 0. The molecule has 234 valence electrons. The van der Waals surface area contributed by atoms with Crippen LogP contribution >= 0.6 is 0 Å². The minimum absolute atomic E-state index is 0.0155. The number of nitro groups is 1. The van der Waals surface area contributed by atoms with Gasteiger partial charge < -0.3 is 20.2 Å². The van der Waals surface area contributed by atoms with E-state index in [4.69, 9.17) is 0 Å². The topological polar surface area (TPSA) is 150 Å². The molecule has 0 bridgehead atoms. The molecule has 0 aromatic heterocycles. The number of hydrogen-bond donors (Lipinski definition) is 2. The number of halogens is 1. The third-order valence-corrected chi connectivity index (χ3v) is 8.50. The SMILES string of the molecule is O=C(O)CC(NC(=O)C1N(C(=O)c2cccc(F)c2)CCN1C(=O)C(c1ccccc1)C1CCCC1)c1cccc([N+](=O)[O-])c1. The van der Waals surface area contributed by atoms with Crippen LogP contribution in [0.15, 0.2) is 78.9 Å². The summed E-state index contributed by atoms with van der Waals surface area (Å²) in [4.78, 5) is 67.4. The van der Waals surface area contributed by atoms with Crippen LogP contribution in [0.4, 0.5) is 10.1 Å². The number of nitro benzene ring substituents is 1. The quantitative estimate of drug-likeness (QED) is 0.249. The van der Waals surface area contributed by atoms with E-state index in [1.807, 2.05) is 30.3 Å². The van der Waals surface area contributed by atoms with Gasteiger partial charge in [0, 0.05) is 30.8 Å². The summed E-state index contributed by atoms with van der Waals surface area (Å²) < 4.78 is 14.1. The summed E-state index contributed by atoms with van der Waals surface area (Å²) in [7, 11) is 0. The summed E-state index contributed by atoms with van der Waals surface area (Å²) in [5, 5.41) is 23.7. The fourth-order valence-corrected chi connectivity index (χ4v) is 6.42. The van der Waals surface area contributed by atoms with Gasteiger partial charge in [0.15, 0.2) is 6.17 Å². The highest BCUT2D eigenvalue weighted by molar-refractivity contribution is 6.00. The van der Waals surface area contributed by atoms with Crippen molar-refractivity contribution in [3.8, 4) is 0 Å². The number of aliphatic carboxylic acids is 1. The van der Waals surface area contributed by atoms with E-state index >= 15 is 0 Å². The van der Waals surface area contributed by atoms with Crippen LogP contribution in [-0.4, -0.2) is 62.8 Å². The fourth-order valence-electron chi connectivity index (χ4n) is 6.42. The number of carboxylic acids is 1. The van der Waals surface area contributed by atoms with Crippen LogP contribution in [0.3, 0.4) is 0 Å². The van der Waals surface area contributed by atoms with Crippen LogP contribution in [0.25, 0.3) is 0 Å². The first-order chi connectivity index (χ1) is 21.6. The summed E-state index contributed by atoms with van der Waals surface area (Å²) in [6, 6.07) is 18.3. The van der Waals surface area contributed by atoms with Gasteiger partial charge in [-0.3, -0.25) is 29.3 Å². The minimum atomic E-state index is -1.48. The number of benzene rings is 3. The van der Waals surface area contributed by atoms with Gasteiger partial charge in [-0.15, -0.1) is 0 Å². The van der Waals surface area contributed by atoms with Gasteiger partial charge in [-0.1, -0.05) is 61.4 Å². The molecule has 3 aromatic carbocycles. The molecular formula is C33H33FN4O7. The lowest BCUT2D eigenvalue weighted by Crippen LogP contribution is -2.55. The summed E-state index contributed by atoms with van der Waals surface area (Å²) in [5.74, 6) is -4.31. The maximum Gasteiger partial charge on any atom is 0.305 e. The Morgan fingerprint density at radius 3 is 2.24 bits per heavy atom. The van der Waals surface area contributed by atoms with Crippen molar-refractivity contribution < 1.29 is 33.6 Å². The Balaban J connectivity index is 1.52. The van der Waals surface area contributed by atoms with Crippen LogP contribution in [0.2, 0.25) is 0 Å². The molecule has 1 aliphatic heterocycles. The maximum absolute atomic E-state index is 14.4. The van der Waals surface area contributed by atoms with Crippen LogP contribution < -0.4 is 5.32 Å². The predicted molar refractivity (Wildman–Crippen MR) is 160 cm³/mol. The van der Waals surface area contributed by atoms with Crippen molar-refractivity contribution in [3.05, 3.63) is 111 Å². The number of carbonyl (C=O) groups excluding carboxylic acids is 3. The van der Waals surface area contributed by atoms with E-state index < -0.39 is 53.1 Å². The zero-order valence-electron chi connectivity index (χ0n) is 24.4. The van der Waals surface area contributed by atoms with Crippen LogP contribution in [0.1, 0.15) is 65.5 Å². The molecule has 1 saturated carbocycles. The number of amides is 3. The molecule has 2 N–H and O–H groups in total. The molecule has 0 radical (unpaired) electrons. The van der Waals surface area contributed by atoms with E-state index in [1.165, 1.54) is 52.3 Å². The molecule has 2 aliphatic rings. The zero-order valence-corrected chi connectivity index (χ0v) is 24.4.